The van der Waals surface area contributed by atoms with Crippen LogP contribution in [0.1, 0.15) is 104 Å². The van der Waals surface area contributed by atoms with Gasteiger partial charge in [0.2, 0.25) is 5.91 Å². The first-order valence-electron chi connectivity index (χ1n) is 10.6. The third kappa shape index (κ3) is 9.37. The van der Waals surface area contributed by atoms with Gasteiger partial charge in [-0.2, -0.15) is 8.42 Å². The average molecular weight is 422 g/mol. The van der Waals surface area contributed by atoms with E-state index in [2.05, 4.69) is 13.8 Å². The number of primary amides is 1. The Balaban J connectivity index is 5.31. The quantitative estimate of drug-likeness (QED) is 0.223. The summed E-state index contributed by atoms with van der Waals surface area (Å²) >= 11 is 0. The Morgan fingerprint density at radius 2 is 1.18 bits per heavy atom. The third-order valence-electron chi connectivity index (χ3n) is 5.47. The Morgan fingerprint density at radius 1 is 0.821 bits per heavy atom. The number of carbonyl (C=O) groups is 2. The van der Waals surface area contributed by atoms with E-state index in [0.29, 0.717) is 12.8 Å². The van der Waals surface area contributed by atoms with Gasteiger partial charge in [-0.15, -0.1) is 0 Å². The van der Waals surface area contributed by atoms with Crippen LogP contribution in [0.2, 0.25) is 0 Å². The number of hydrogen-bond acceptors (Lipinski definition) is 4. The standard InChI is InChI=1S/C20H39NO6S/c1-3-5-7-9-11-13-15-20(19(21)24,16-14-12-10-8-6-4-2)17(18(22)23)28(25,26)27/h17H,3-16H2,1-2H3,(H2,21,24)(H,22,23)(H,25,26,27). The topological polar surface area (TPSA) is 135 Å². The summed E-state index contributed by atoms with van der Waals surface area (Å²) in [6.07, 6.45) is 11.0. The normalized spacial score (nSPS) is 13.4. The fourth-order valence-electron chi connectivity index (χ4n) is 3.85. The summed E-state index contributed by atoms with van der Waals surface area (Å²) in [6.45, 7) is 4.20. The molecule has 0 heterocycles. The van der Waals surface area contributed by atoms with Gasteiger partial charge in [-0.3, -0.25) is 14.1 Å². The molecule has 166 valence electrons. The summed E-state index contributed by atoms with van der Waals surface area (Å²) in [4.78, 5) is 24.0. The minimum Gasteiger partial charge on any atom is -0.480 e. The minimum absolute atomic E-state index is 0.0557. The van der Waals surface area contributed by atoms with E-state index in [0.717, 1.165) is 64.2 Å². The highest BCUT2D eigenvalue weighted by Gasteiger charge is 2.53. The lowest BCUT2D eigenvalue weighted by Gasteiger charge is -2.34. The lowest BCUT2D eigenvalue weighted by molar-refractivity contribution is -0.144. The van der Waals surface area contributed by atoms with Crippen LogP contribution in [0.3, 0.4) is 0 Å². The van der Waals surface area contributed by atoms with E-state index < -0.39 is 32.7 Å². The van der Waals surface area contributed by atoms with Gasteiger partial charge in [-0.05, 0) is 12.8 Å². The van der Waals surface area contributed by atoms with Crippen molar-refractivity contribution in [2.45, 2.75) is 109 Å². The molecule has 28 heavy (non-hydrogen) atoms. The number of hydrogen-bond donors (Lipinski definition) is 3. The van der Waals surface area contributed by atoms with Gasteiger partial charge in [-0.1, -0.05) is 90.9 Å². The monoisotopic (exact) mass is 421 g/mol. The number of aliphatic carboxylic acids is 1. The van der Waals surface area contributed by atoms with Crippen LogP contribution < -0.4 is 5.73 Å². The number of carboxylic acid groups (broad SMARTS) is 1. The molecule has 0 spiro atoms. The number of unbranched alkanes of at least 4 members (excludes halogenated alkanes) is 10. The van der Waals surface area contributed by atoms with Gasteiger partial charge in [0.1, 0.15) is 0 Å². The third-order valence-corrected chi connectivity index (χ3v) is 6.72. The van der Waals surface area contributed by atoms with Crippen molar-refractivity contribution in [1.29, 1.82) is 0 Å². The molecule has 0 aromatic rings. The molecule has 0 aliphatic rings. The molecule has 0 saturated heterocycles. The summed E-state index contributed by atoms with van der Waals surface area (Å²) in [5.74, 6) is -2.68. The van der Waals surface area contributed by atoms with Crippen molar-refractivity contribution in [3.63, 3.8) is 0 Å². The van der Waals surface area contributed by atoms with E-state index in [1.165, 1.54) is 0 Å². The molecule has 1 unspecified atom stereocenters. The highest BCUT2D eigenvalue weighted by atomic mass is 32.2. The first-order chi connectivity index (χ1) is 13.1. The molecule has 0 fully saturated rings. The maximum absolute atomic E-state index is 12.3. The largest absolute Gasteiger partial charge is 0.480 e. The van der Waals surface area contributed by atoms with Crippen molar-refractivity contribution in [3.05, 3.63) is 0 Å². The Labute approximate surface area is 170 Å². The summed E-state index contributed by atoms with van der Waals surface area (Å²) in [7, 11) is -4.97. The molecule has 0 bridgehead atoms. The number of carbonyl (C=O) groups excluding carboxylic acids is 1. The lowest BCUT2D eigenvalue weighted by atomic mass is 9.74. The van der Waals surface area contributed by atoms with Crippen LogP contribution in [0, 0.1) is 5.41 Å². The predicted octanol–water partition coefficient (Wildman–Crippen LogP) is 4.30. The first-order valence-corrected chi connectivity index (χ1v) is 12.1. The van der Waals surface area contributed by atoms with Crippen LogP contribution in [0.5, 0.6) is 0 Å². The molecule has 0 radical (unpaired) electrons. The fraction of sp³-hybridized carbons (Fsp3) is 0.900. The highest BCUT2D eigenvalue weighted by molar-refractivity contribution is 7.87. The predicted molar refractivity (Wildman–Crippen MR) is 111 cm³/mol. The summed E-state index contributed by atoms with van der Waals surface area (Å²) in [5, 5.41) is 7.27. The second kappa shape index (κ2) is 13.9. The van der Waals surface area contributed by atoms with E-state index in [-0.39, 0.29) is 12.8 Å². The summed E-state index contributed by atoms with van der Waals surface area (Å²) in [6, 6.07) is 0. The van der Waals surface area contributed by atoms with E-state index >= 15 is 0 Å². The molecule has 1 atom stereocenters. The molecular weight excluding hydrogens is 382 g/mol. The van der Waals surface area contributed by atoms with E-state index in [4.69, 9.17) is 5.73 Å². The van der Waals surface area contributed by atoms with Gasteiger partial charge >= 0.3 is 5.97 Å². The molecule has 1 amide bonds. The SMILES string of the molecule is CCCCCCCCC(CCCCCCCC)(C(N)=O)C(C(=O)O)S(=O)(=O)O. The van der Waals surface area contributed by atoms with Crippen molar-refractivity contribution in [3.8, 4) is 0 Å². The van der Waals surface area contributed by atoms with Crippen LogP contribution in [-0.4, -0.2) is 35.2 Å². The molecule has 0 aliphatic heterocycles. The minimum atomic E-state index is -4.97. The van der Waals surface area contributed by atoms with E-state index in [9.17, 15) is 27.7 Å². The zero-order valence-electron chi connectivity index (χ0n) is 17.5. The Morgan fingerprint density at radius 3 is 1.46 bits per heavy atom. The van der Waals surface area contributed by atoms with Crippen molar-refractivity contribution in [2.24, 2.45) is 11.1 Å². The van der Waals surface area contributed by atoms with E-state index in [1.807, 2.05) is 0 Å². The Hall–Kier alpha value is -1.15. The highest BCUT2D eigenvalue weighted by Crippen LogP contribution is 2.39. The van der Waals surface area contributed by atoms with Crippen LogP contribution >= 0.6 is 0 Å². The number of carboxylic acids is 1. The molecule has 0 aliphatic carbocycles. The summed E-state index contributed by atoms with van der Waals surface area (Å²) in [5.41, 5.74) is 3.77. The molecule has 0 rings (SSSR count). The number of rotatable bonds is 18. The Bertz CT molecular complexity index is 545. The zero-order chi connectivity index (χ0) is 21.6. The maximum atomic E-state index is 12.3. The lowest BCUT2D eigenvalue weighted by Crippen LogP contribution is -2.53. The first kappa shape index (κ1) is 26.9. The molecule has 4 N–H and O–H groups in total. The van der Waals surface area contributed by atoms with Gasteiger partial charge < -0.3 is 10.8 Å². The molecule has 0 aromatic heterocycles. The summed E-state index contributed by atoms with van der Waals surface area (Å²) < 4.78 is 33.2. The second-order valence-corrected chi connectivity index (χ2v) is 9.29. The van der Waals surface area contributed by atoms with Gasteiger partial charge in [-0.25, -0.2) is 0 Å². The molecule has 7 nitrogen and oxygen atoms in total. The molecular formula is C20H39NO6S. The van der Waals surface area contributed by atoms with Crippen LogP contribution in [0.25, 0.3) is 0 Å². The van der Waals surface area contributed by atoms with Gasteiger partial charge in [0.05, 0.1) is 5.41 Å². The zero-order valence-corrected chi connectivity index (χ0v) is 18.3. The van der Waals surface area contributed by atoms with Crippen LogP contribution in [-0.2, 0) is 19.7 Å². The van der Waals surface area contributed by atoms with Crippen molar-refractivity contribution < 1.29 is 27.7 Å². The van der Waals surface area contributed by atoms with Gasteiger partial charge in [0.25, 0.3) is 10.1 Å². The second-order valence-electron chi connectivity index (χ2n) is 7.79. The van der Waals surface area contributed by atoms with Crippen molar-refractivity contribution in [1.82, 2.24) is 0 Å². The number of nitrogens with two attached hydrogens (primary N) is 1. The van der Waals surface area contributed by atoms with E-state index in [1.54, 1.807) is 0 Å². The Kier molecular flexibility index (Phi) is 13.4. The van der Waals surface area contributed by atoms with Crippen molar-refractivity contribution in [2.75, 3.05) is 0 Å². The van der Waals surface area contributed by atoms with Crippen LogP contribution in [0.4, 0.5) is 0 Å². The van der Waals surface area contributed by atoms with Gasteiger partial charge in [0, 0.05) is 0 Å². The average Bonchev–Trinajstić information content (AvgIpc) is 2.58. The molecule has 0 aromatic carbocycles. The maximum Gasteiger partial charge on any atom is 0.325 e. The van der Waals surface area contributed by atoms with Crippen molar-refractivity contribution >= 4 is 22.0 Å². The van der Waals surface area contributed by atoms with Gasteiger partial charge in [0.15, 0.2) is 5.25 Å². The molecule has 8 heteroatoms. The fourth-order valence-corrected chi connectivity index (χ4v) is 5.03. The number of amides is 1. The molecule has 0 saturated carbocycles. The van der Waals surface area contributed by atoms with Crippen LogP contribution in [0.15, 0.2) is 0 Å². The smallest absolute Gasteiger partial charge is 0.325 e.